The average Bonchev–Trinajstić information content (AvgIpc) is 3.52. The Morgan fingerprint density at radius 3 is 2.20 bits per heavy atom. The van der Waals surface area contributed by atoms with Gasteiger partial charge in [-0.15, -0.1) is 0 Å². The number of hydrogen-bond acceptors (Lipinski definition) is 7. The smallest absolute Gasteiger partial charge is 0.261 e. The summed E-state index contributed by atoms with van der Waals surface area (Å²) in [5.41, 5.74) is 3.94. The number of aliphatic hydroxyl groups excluding tert-OH is 2. The minimum Gasteiger partial charge on any atom is -0.395 e. The van der Waals surface area contributed by atoms with Crippen molar-refractivity contribution in [3.05, 3.63) is 131 Å². The molecule has 2 aliphatic heterocycles. The molecule has 4 aromatic carbocycles. The van der Waals surface area contributed by atoms with Crippen LogP contribution < -0.4 is 4.72 Å². The van der Waals surface area contributed by atoms with Crippen LogP contribution in [0.25, 0.3) is 0 Å². The zero-order valence-electron chi connectivity index (χ0n) is 24.4. The van der Waals surface area contributed by atoms with E-state index in [0.717, 1.165) is 36.1 Å². The third kappa shape index (κ3) is 6.73. The molecule has 0 aromatic heterocycles. The van der Waals surface area contributed by atoms with Gasteiger partial charge >= 0.3 is 0 Å². The summed E-state index contributed by atoms with van der Waals surface area (Å²) in [5.74, 6) is -0.160. The molecule has 5 atom stereocenters. The largest absolute Gasteiger partial charge is 0.395 e. The van der Waals surface area contributed by atoms with Gasteiger partial charge < -0.3 is 19.7 Å². The molecule has 6 rings (SSSR count). The van der Waals surface area contributed by atoms with E-state index in [4.69, 9.17) is 9.47 Å². The highest BCUT2D eigenvalue weighted by molar-refractivity contribution is 7.92. The zero-order valence-corrected chi connectivity index (χ0v) is 25.2. The topological polar surface area (TPSA) is 108 Å². The van der Waals surface area contributed by atoms with E-state index in [2.05, 4.69) is 21.8 Å². The van der Waals surface area contributed by atoms with Gasteiger partial charge in [0.25, 0.3) is 10.0 Å². The minimum atomic E-state index is -3.78. The van der Waals surface area contributed by atoms with Crippen LogP contribution in [0.5, 0.6) is 0 Å². The number of likely N-dealkylation sites (tertiary alicyclic amines) is 1. The van der Waals surface area contributed by atoms with Gasteiger partial charge in [-0.25, -0.2) is 8.42 Å². The second-order valence-corrected chi connectivity index (χ2v) is 13.1. The van der Waals surface area contributed by atoms with Gasteiger partial charge in [-0.2, -0.15) is 0 Å². The Morgan fingerprint density at radius 1 is 0.795 bits per heavy atom. The van der Waals surface area contributed by atoms with Crippen LogP contribution in [0.15, 0.2) is 114 Å². The fourth-order valence-electron chi connectivity index (χ4n) is 6.30. The van der Waals surface area contributed by atoms with Crippen LogP contribution in [0.2, 0.25) is 0 Å². The molecule has 4 aromatic rings. The van der Waals surface area contributed by atoms with Gasteiger partial charge in [0.05, 0.1) is 30.3 Å². The Labute approximate surface area is 258 Å². The molecule has 2 aliphatic rings. The normalized spacial score (nSPS) is 24.3. The molecule has 2 fully saturated rings. The molecule has 2 saturated heterocycles. The van der Waals surface area contributed by atoms with Gasteiger partial charge in [-0.1, -0.05) is 84.9 Å². The van der Waals surface area contributed by atoms with Crippen molar-refractivity contribution in [2.75, 3.05) is 24.4 Å². The summed E-state index contributed by atoms with van der Waals surface area (Å²) >= 11 is 0. The molecule has 0 radical (unpaired) electrons. The van der Waals surface area contributed by atoms with Gasteiger partial charge in [0.1, 0.15) is 0 Å². The van der Waals surface area contributed by atoms with Crippen LogP contribution in [-0.4, -0.2) is 55.4 Å². The van der Waals surface area contributed by atoms with Gasteiger partial charge in [-0.3, -0.25) is 9.62 Å². The predicted molar refractivity (Wildman–Crippen MR) is 168 cm³/mol. The van der Waals surface area contributed by atoms with E-state index < -0.39 is 22.4 Å². The molecule has 44 heavy (non-hydrogen) atoms. The minimum absolute atomic E-state index is 0.0501. The summed E-state index contributed by atoms with van der Waals surface area (Å²) in [6.07, 6.45) is 0.487. The second-order valence-electron chi connectivity index (χ2n) is 11.4. The molecule has 1 unspecified atom stereocenters. The Kier molecular flexibility index (Phi) is 9.42. The molecule has 0 amide bonds. The van der Waals surface area contributed by atoms with Crippen molar-refractivity contribution in [2.24, 2.45) is 0 Å². The number of rotatable bonds is 10. The van der Waals surface area contributed by atoms with Gasteiger partial charge in [0, 0.05) is 29.8 Å². The lowest BCUT2D eigenvalue weighted by molar-refractivity contribution is -0.264. The van der Waals surface area contributed by atoms with E-state index in [-0.39, 0.29) is 36.2 Å². The van der Waals surface area contributed by atoms with Crippen LogP contribution in [0.1, 0.15) is 53.4 Å². The van der Waals surface area contributed by atoms with E-state index in [9.17, 15) is 18.6 Å². The standard InChI is InChI=1S/C35H38N2O6S/c38-23-25-16-18-27(19-17-25)34-33(26-9-3-1-4-10-26)32(22-37-20-8-13-30(37)24-39)42-35(43-34)28-11-7-12-29(21-28)36-44(40,41)31-14-5-2-6-15-31/h1-7,9-12,14-19,21,30,32-36,38-39H,8,13,20,22-24H2/t30-,32+,33+,34-,35?/m0/s1. The quantitative estimate of drug-likeness (QED) is 0.220. The highest BCUT2D eigenvalue weighted by Crippen LogP contribution is 2.47. The van der Waals surface area contributed by atoms with Crippen LogP contribution in [0.3, 0.4) is 0 Å². The average molecular weight is 615 g/mol. The number of hydrogen-bond donors (Lipinski definition) is 3. The molecule has 9 heteroatoms. The number of nitrogens with one attached hydrogen (secondary N) is 1. The fraction of sp³-hybridized carbons (Fsp3) is 0.314. The van der Waals surface area contributed by atoms with Gasteiger partial charge in [-0.05, 0) is 60.3 Å². The molecule has 230 valence electrons. The lowest BCUT2D eigenvalue weighted by Gasteiger charge is -2.44. The Morgan fingerprint density at radius 2 is 1.50 bits per heavy atom. The van der Waals surface area contributed by atoms with E-state index in [1.807, 2.05) is 48.5 Å². The number of aliphatic hydroxyl groups is 2. The number of anilines is 1. The molecular weight excluding hydrogens is 576 g/mol. The van der Waals surface area contributed by atoms with E-state index in [1.54, 1.807) is 48.5 Å². The van der Waals surface area contributed by atoms with Crippen LogP contribution >= 0.6 is 0 Å². The van der Waals surface area contributed by atoms with Crippen molar-refractivity contribution in [3.63, 3.8) is 0 Å². The summed E-state index contributed by atoms with van der Waals surface area (Å²) in [5, 5.41) is 19.7. The van der Waals surface area contributed by atoms with E-state index >= 15 is 0 Å². The third-order valence-electron chi connectivity index (χ3n) is 8.56. The van der Waals surface area contributed by atoms with E-state index in [1.165, 1.54) is 0 Å². The summed E-state index contributed by atoms with van der Waals surface area (Å²) < 4.78 is 42.4. The number of nitrogens with zero attached hydrogens (tertiary/aromatic N) is 1. The maximum Gasteiger partial charge on any atom is 0.261 e. The number of ether oxygens (including phenoxy) is 2. The first-order valence-electron chi connectivity index (χ1n) is 15.0. The van der Waals surface area contributed by atoms with Crippen LogP contribution in [0.4, 0.5) is 5.69 Å². The molecule has 8 nitrogen and oxygen atoms in total. The highest BCUT2D eigenvalue weighted by Gasteiger charge is 2.43. The van der Waals surface area contributed by atoms with Crippen molar-refractivity contribution >= 4 is 15.7 Å². The van der Waals surface area contributed by atoms with Crippen molar-refractivity contribution in [2.45, 2.75) is 54.8 Å². The fourth-order valence-corrected chi connectivity index (χ4v) is 7.37. The number of benzene rings is 4. The maximum atomic E-state index is 13.1. The maximum absolute atomic E-state index is 13.1. The second kappa shape index (κ2) is 13.6. The van der Waals surface area contributed by atoms with Gasteiger partial charge in [0.2, 0.25) is 0 Å². The first-order valence-corrected chi connectivity index (χ1v) is 16.5. The summed E-state index contributed by atoms with van der Waals surface area (Å²) in [4.78, 5) is 2.48. The third-order valence-corrected chi connectivity index (χ3v) is 9.96. The monoisotopic (exact) mass is 614 g/mol. The molecule has 0 bridgehead atoms. The Balaban J connectivity index is 1.36. The van der Waals surface area contributed by atoms with Crippen LogP contribution in [0, 0.1) is 0 Å². The Hall–Kier alpha value is -3.57. The molecule has 2 heterocycles. The summed E-state index contributed by atoms with van der Waals surface area (Å²) in [6, 6.07) is 33.4. The van der Waals surface area contributed by atoms with Crippen LogP contribution in [-0.2, 0) is 26.1 Å². The molecule has 3 N–H and O–H groups in total. The lowest BCUT2D eigenvalue weighted by atomic mass is 9.83. The van der Waals surface area contributed by atoms with Crippen molar-refractivity contribution < 1.29 is 28.1 Å². The first kappa shape index (κ1) is 30.5. The summed E-state index contributed by atoms with van der Waals surface area (Å²) in [7, 11) is -3.78. The SMILES string of the molecule is O=S(=O)(Nc1cccc(C2O[C@H](CN3CCC[C@H]3CO)[C@@H](c3ccccc3)[C@H](c3ccc(CO)cc3)O2)c1)c1ccccc1. The Bertz CT molecular complexity index is 1620. The highest BCUT2D eigenvalue weighted by atomic mass is 32.2. The molecule has 0 saturated carbocycles. The van der Waals surface area contributed by atoms with Crippen molar-refractivity contribution in [3.8, 4) is 0 Å². The summed E-state index contributed by atoms with van der Waals surface area (Å²) in [6.45, 7) is 1.53. The first-order chi connectivity index (χ1) is 21.4. The lowest BCUT2D eigenvalue weighted by Crippen LogP contribution is -2.46. The van der Waals surface area contributed by atoms with Crippen molar-refractivity contribution in [1.29, 1.82) is 0 Å². The van der Waals surface area contributed by atoms with E-state index in [0.29, 0.717) is 17.8 Å². The molecule has 0 aliphatic carbocycles. The molecular formula is C35H38N2O6S. The zero-order chi connectivity index (χ0) is 30.5. The van der Waals surface area contributed by atoms with Gasteiger partial charge in [0.15, 0.2) is 6.29 Å². The molecule has 0 spiro atoms. The van der Waals surface area contributed by atoms with Crippen molar-refractivity contribution in [1.82, 2.24) is 4.90 Å². The predicted octanol–water partition coefficient (Wildman–Crippen LogP) is 5.38. The number of sulfonamides is 1.